The topological polar surface area (TPSA) is 55.2 Å². The Balaban J connectivity index is 2.94. The van der Waals surface area contributed by atoms with E-state index in [1.807, 2.05) is 13.8 Å². The van der Waals surface area contributed by atoms with Crippen LogP contribution in [0.2, 0.25) is 0 Å². The highest BCUT2D eigenvalue weighted by Gasteiger charge is 2.17. The normalized spacial score (nSPS) is 12.4. The SMILES string of the molecule is CCNC(CC)Cc1cc(F)ccc1[N+](=O)[O-]. The van der Waals surface area contributed by atoms with Gasteiger partial charge in [0.1, 0.15) is 5.82 Å². The Morgan fingerprint density at radius 3 is 2.71 bits per heavy atom. The van der Waals surface area contributed by atoms with Gasteiger partial charge >= 0.3 is 0 Å². The third-order valence-electron chi connectivity index (χ3n) is 2.69. The van der Waals surface area contributed by atoms with Crippen LogP contribution < -0.4 is 5.32 Å². The number of nitrogens with zero attached hydrogens (tertiary/aromatic N) is 1. The summed E-state index contributed by atoms with van der Waals surface area (Å²) in [7, 11) is 0. The Hall–Kier alpha value is -1.49. The average Bonchev–Trinajstić information content (AvgIpc) is 2.28. The van der Waals surface area contributed by atoms with Crippen LogP contribution in [0.15, 0.2) is 18.2 Å². The van der Waals surface area contributed by atoms with Gasteiger partial charge in [0.15, 0.2) is 0 Å². The molecule has 0 fully saturated rings. The number of halogens is 1. The van der Waals surface area contributed by atoms with Crippen molar-refractivity contribution in [1.82, 2.24) is 5.32 Å². The van der Waals surface area contributed by atoms with Gasteiger partial charge in [-0.25, -0.2) is 4.39 Å². The summed E-state index contributed by atoms with van der Waals surface area (Å²) in [6, 6.07) is 3.73. The largest absolute Gasteiger partial charge is 0.314 e. The zero-order chi connectivity index (χ0) is 12.8. The molecule has 1 unspecified atom stereocenters. The first-order valence-electron chi connectivity index (χ1n) is 5.74. The van der Waals surface area contributed by atoms with Gasteiger partial charge in [-0.05, 0) is 31.5 Å². The maximum Gasteiger partial charge on any atom is 0.272 e. The molecule has 0 saturated heterocycles. The zero-order valence-corrected chi connectivity index (χ0v) is 10.1. The molecule has 0 spiro atoms. The van der Waals surface area contributed by atoms with Crippen molar-refractivity contribution >= 4 is 5.69 Å². The number of benzene rings is 1. The van der Waals surface area contributed by atoms with Crippen LogP contribution in [0.4, 0.5) is 10.1 Å². The molecule has 0 amide bonds. The van der Waals surface area contributed by atoms with Crippen molar-refractivity contribution in [3.8, 4) is 0 Å². The Morgan fingerprint density at radius 2 is 2.18 bits per heavy atom. The molecule has 0 bridgehead atoms. The van der Waals surface area contributed by atoms with Crippen molar-refractivity contribution < 1.29 is 9.31 Å². The minimum absolute atomic E-state index is 0.0113. The highest BCUT2D eigenvalue weighted by Crippen LogP contribution is 2.21. The summed E-state index contributed by atoms with van der Waals surface area (Å²) in [6.07, 6.45) is 1.32. The molecule has 0 saturated carbocycles. The lowest BCUT2D eigenvalue weighted by molar-refractivity contribution is -0.385. The molecule has 1 aromatic rings. The second-order valence-electron chi connectivity index (χ2n) is 3.90. The quantitative estimate of drug-likeness (QED) is 0.614. The summed E-state index contributed by atoms with van der Waals surface area (Å²) in [4.78, 5) is 10.4. The Bertz CT molecular complexity index is 396. The third-order valence-corrected chi connectivity index (χ3v) is 2.69. The number of hydrogen-bond acceptors (Lipinski definition) is 3. The molecule has 1 rings (SSSR count). The number of likely N-dealkylation sites (N-methyl/N-ethyl adjacent to an activating group) is 1. The highest BCUT2D eigenvalue weighted by molar-refractivity contribution is 5.40. The monoisotopic (exact) mass is 240 g/mol. The number of nitrogens with one attached hydrogen (secondary N) is 1. The minimum atomic E-state index is -0.465. The van der Waals surface area contributed by atoms with E-state index in [1.54, 1.807) is 0 Å². The molecular weight excluding hydrogens is 223 g/mol. The second kappa shape index (κ2) is 6.30. The average molecular weight is 240 g/mol. The lowest BCUT2D eigenvalue weighted by Crippen LogP contribution is -2.30. The molecule has 0 radical (unpaired) electrons. The molecular formula is C12H17FN2O2. The zero-order valence-electron chi connectivity index (χ0n) is 10.1. The first kappa shape index (κ1) is 13.6. The molecule has 5 heteroatoms. The van der Waals surface area contributed by atoms with Gasteiger partial charge in [0, 0.05) is 17.7 Å². The summed E-state index contributed by atoms with van der Waals surface area (Å²) in [5, 5.41) is 14.0. The number of nitro benzene ring substituents is 1. The van der Waals surface area contributed by atoms with Crippen LogP contribution in [0.5, 0.6) is 0 Å². The van der Waals surface area contributed by atoms with E-state index in [-0.39, 0.29) is 11.7 Å². The molecule has 17 heavy (non-hydrogen) atoms. The van der Waals surface area contributed by atoms with Crippen LogP contribution in [-0.4, -0.2) is 17.5 Å². The van der Waals surface area contributed by atoms with Crippen LogP contribution in [0.1, 0.15) is 25.8 Å². The molecule has 94 valence electrons. The first-order valence-corrected chi connectivity index (χ1v) is 5.74. The standard InChI is InChI=1S/C12H17FN2O2/c1-3-11(14-4-2)8-9-7-10(13)5-6-12(9)15(16)17/h5-7,11,14H,3-4,8H2,1-2H3. The fourth-order valence-corrected chi connectivity index (χ4v) is 1.81. The van der Waals surface area contributed by atoms with Gasteiger partial charge in [-0.2, -0.15) is 0 Å². The molecule has 1 N–H and O–H groups in total. The van der Waals surface area contributed by atoms with Crippen LogP contribution in [0.25, 0.3) is 0 Å². The van der Waals surface area contributed by atoms with Gasteiger partial charge < -0.3 is 5.32 Å². The Morgan fingerprint density at radius 1 is 1.47 bits per heavy atom. The number of hydrogen-bond donors (Lipinski definition) is 1. The molecule has 1 aromatic carbocycles. The van der Waals surface area contributed by atoms with Gasteiger partial charge in [0.25, 0.3) is 5.69 Å². The van der Waals surface area contributed by atoms with Crippen molar-refractivity contribution in [2.75, 3.05) is 6.54 Å². The van der Waals surface area contributed by atoms with Crippen molar-refractivity contribution in [3.05, 3.63) is 39.7 Å². The maximum atomic E-state index is 13.1. The lowest BCUT2D eigenvalue weighted by atomic mass is 10.0. The Labute approximate surface area is 100.0 Å². The van der Waals surface area contributed by atoms with Crippen molar-refractivity contribution in [3.63, 3.8) is 0 Å². The highest BCUT2D eigenvalue weighted by atomic mass is 19.1. The van der Waals surface area contributed by atoms with E-state index in [1.165, 1.54) is 12.1 Å². The number of rotatable bonds is 6. The van der Waals surface area contributed by atoms with Gasteiger partial charge in [-0.3, -0.25) is 10.1 Å². The van der Waals surface area contributed by atoms with Crippen LogP contribution in [0, 0.1) is 15.9 Å². The molecule has 0 heterocycles. The van der Waals surface area contributed by atoms with Gasteiger partial charge in [0.05, 0.1) is 4.92 Å². The predicted molar refractivity (Wildman–Crippen MR) is 64.5 cm³/mol. The number of nitro groups is 1. The lowest BCUT2D eigenvalue weighted by Gasteiger charge is -2.15. The van der Waals surface area contributed by atoms with Crippen molar-refractivity contribution in [2.45, 2.75) is 32.7 Å². The van der Waals surface area contributed by atoms with E-state index < -0.39 is 10.7 Å². The van der Waals surface area contributed by atoms with Crippen LogP contribution >= 0.6 is 0 Å². The fourth-order valence-electron chi connectivity index (χ4n) is 1.81. The molecule has 0 aliphatic rings. The summed E-state index contributed by atoms with van der Waals surface area (Å²) >= 11 is 0. The van der Waals surface area contributed by atoms with E-state index >= 15 is 0 Å². The summed E-state index contributed by atoms with van der Waals surface area (Å²) in [5.74, 6) is -0.433. The first-order chi connectivity index (χ1) is 8.08. The maximum absolute atomic E-state index is 13.1. The third kappa shape index (κ3) is 3.78. The smallest absolute Gasteiger partial charge is 0.272 e. The summed E-state index contributed by atoms with van der Waals surface area (Å²) in [5.41, 5.74) is 0.436. The van der Waals surface area contributed by atoms with E-state index in [2.05, 4.69) is 5.32 Å². The predicted octanol–water partition coefficient (Wildman–Crippen LogP) is 2.66. The molecule has 0 aliphatic heterocycles. The van der Waals surface area contributed by atoms with E-state index in [9.17, 15) is 14.5 Å². The molecule has 0 aromatic heterocycles. The van der Waals surface area contributed by atoms with E-state index in [0.717, 1.165) is 19.0 Å². The van der Waals surface area contributed by atoms with Crippen LogP contribution in [0.3, 0.4) is 0 Å². The van der Waals surface area contributed by atoms with Gasteiger partial charge in [-0.15, -0.1) is 0 Å². The second-order valence-corrected chi connectivity index (χ2v) is 3.90. The minimum Gasteiger partial charge on any atom is -0.314 e. The van der Waals surface area contributed by atoms with Crippen molar-refractivity contribution in [1.29, 1.82) is 0 Å². The summed E-state index contributed by atoms with van der Waals surface area (Å²) in [6.45, 7) is 4.77. The van der Waals surface area contributed by atoms with Crippen LogP contribution in [-0.2, 0) is 6.42 Å². The molecule has 0 aliphatic carbocycles. The van der Waals surface area contributed by atoms with Gasteiger partial charge in [0.2, 0.25) is 0 Å². The molecule has 4 nitrogen and oxygen atoms in total. The summed E-state index contributed by atoms with van der Waals surface area (Å²) < 4.78 is 13.1. The fraction of sp³-hybridized carbons (Fsp3) is 0.500. The van der Waals surface area contributed by atoms with E-state index in [4.69, 9.17) is 0 Å². The Kier molecular flexibility index (Phi) is 5.03. The molecule has 1 atom stereocenters. The van der Waals surface area contributed by atoms with Gasteiger partial charge in [-0.1, -0.05) is 13.8 Å². The van der Waals surface area contributed by atoms with Crippen molar-refractivity contribution in [2.24, 2.45) is 0 Å². The van der Waals surface area contributed by atoms with E-state index in [0.29, 0.717) is 12.0 Å².